The number of rotatable bonds is 6. The molecule has 0 unspecified atom stereocenters. The molecule has 1 nitrogen and oxygen atoms in total. The van der Waals surface area contributed by atoms with Gasteiger partial charge in [-0.2, -0.15) is 0 Å². The van der Waals surface area contributed by atoms with E-state index in [0.29, 0.717) is 0 Å². The summed E-state index contributed by atoms with van der Waals surface area (Å²) in [6, 6.07) is 64.7. The van der Waals surface area contributed by atoms with Gasteiger partial charge in [0, 0.05) is 20.1 Å². The van der Waals surface area contributed by atoms with Crippen molar-refractivity contribution < 1.29 is 37.3 Å². The predicted octanol–water partition coefficient (Wildman–Crippen LogP) is 6.38. The molecule has 6 aromatic rings. The third kappa shape index (κ3) is 14.2. The minimum Gasteiger partial charge on any atom is -1.00 e. The third-order valence-electron chi connectivity index (χ3n) is 7.42. The molecule has 0 amide bonds. The van der Waals surface area contributed by atoms with E-state index in [-0.39, 0.29) is 32.5 Å². The van der Waals surface area contributed by atoms with Crippen molar-refractivity contribution in [2.45, 2.75) is 25.7 Å². The molecule has 50 heavy (non-hydrogen) atoms. The van der Waals surface area contributed by atoms with Crippen molar-refractivity contribution >= 4 is 54.5 Å². The zero-order chi connectivity index (χ0) is 33.5. The van der Waals surface area contributed by atoms with Gasteiger partial charge in [0.2, 0.25) is 0 Å². The molecule has 0 bridgehead atoms. The predicted molar refractivity (Wildman–Crippen MR) is 214 cm³/mol. The maximum atomic E-state index is 8.00. The molecule has 6 aromatic carbocycles. The van der Waals surface area contributed by atoms with Gasteiger partial charge >= 0.3 is 0 Å². The first-order valence-electron chi connectivity index (χ1n) is 16.4. The molecule has 1 aliphatic rings. The van der Waals surface area contributed by atoms with Crippen LogP contribution >= 0.6 is 15.8 Å². The zero-order valence-electron chi connectivity index (χ0n) is 28.2. The molecule has 0 heterocycles. The van der Waals surface area contributed by atoms with Gasteiger partial charge in [0.15, 0.2) is 0 Å². The van der Waals surface area contributed by atoms with Crippen molar-refractivity contribution in [3.8, 4) is 0 Å². The Morgan fingerprint density at radius 2 is 0.440 bits per heavy atom. The van der Waals surface area contributed by atoms with Gasteiger partial charge in [0.25, 0.3) is 0 Å². The first kappa shape index (κ1) is 42.4. The summed E-state index contributed by atoms with van der Waals surface area (Å²) in [5.41, 5.74) is 0. The normalized spacial score (nSPS) is 12.0. The number of hydrogen-bond acceptors (Lipinski definition) is 1. The molecule has 0 N–H and O–H groups in total. The summed E-state index contributed by atoms with van der Waals surface area (Å²) in [5, 5.41) is 8.39. The van der Waals surface area contributed by atoms with Gasteiger partial charge in [-0.1, -0.05) is 206 Å². The molecule has 0 saturated heterocycles. The number of hydrogen-bond donors (Lipinski definition) is 0. The molecule has 5 heteroatoms. The van der Waals surface area contributed by atoms with E-state index >= 15 is 0 Å². The number of benzene rings is 6. The average molecular weight is 890 g/mol. The summed E-state index contributed by atoms with van der Waals surface area (Å²) in [4.78, 5) is 8.00. The van der Waals surface area contributed by atoms with Crippen molar-refractivity contribution in [1.29, 1.82) is 0 Å². The summed E-state index contributed by atoms with van der Waals surface area (Å²) in [7, 11) is -0.892. The second-order valence-electron chi connectivity index (χ2n) is 10.8. The van der Waals surface area contributed by atoms with Gasteiger partial charge in [-0.15, -0.1) is 0 Å². The summed E-state index contributed by atoms with van der Waals surface area (Å²) >= 11 is 0. The number of allylic oxidation sites excluding steroid dienone is 4. The van der Waals surface area contributed by atoms with E-state index in [1.807, 2.05) is 6.79 Å². The van der Waals surface area contributed by atoms with Crippen LogP contribution in [0.25, 0.3) is 0 Å². The second-order valence-corrected chi connectivity index (χ2v) is 15.2. The smallest absolute Gasteiger partial charge is 0.106 e. The molecule has 0 spiro atoms. The molecular weight excluding hydrogens is 846 g/mol. The Kier molecular flexibility index (Phi) is 22.2. The van der Waals surface area contributed by atoms with Crippen LogP contribution in [-0.2, 0) is 24.9 Å². The first-order valence-corrected chi connectivity index (χ1v) is 19.1. The minimum absolute atomic E-state index is 0. The molecule has 1 radical (unpaired) electrons. The first-order chi connectivity index (χ1) is 23.9. The van der Waals surface area contributed by atoms with Crippen molar-refractivity contribution in [1.82, 2.24) is 0 Å². The summed E-state index contributed by atoms with van der Waals surface area (Å²) in [6.07, 6.45) is 14.0. The Labute approximate surface area is 321 Å². The van der Waals surface area contributed by atoms with Gasteiger partial charge in [-0.3, -0.25) is 0 Å². The Bertz CT molecular complexity index is 1410. The van der Waals surface area contributed by atoms with Gasteiger partial charge in [-0.05, 0) is 73.4 Å². The van der Waals surface area contributed by atoms with E-state index < -0.39 is 15.8 Å². The van der Waals surface area contributed by atoms with Crippen LogP contribution in [0.15, 0.2) is 206 Å². The Morgan fingerprint density at radius 1 is 0.300 bits per heavy atom. The van der Waals surface area contributed by atoms with Crippen LogP contribution in [-0.4, -0.2) is 6.79 Å². The van der Waals surface area contributed by atoms with Gasteiger partial charge in [0.1, 0.15) is 6.79 Å². The summed E-state index contributed by atoms with van der Waals surface area (Å²) < 4.78 is 0. The van der Waals surface area contributed by atoms with Gasteiger partial charge in [-0.25, -0.2) is 0 Å². The van der Waals surface area contributed by atoms with Crippen LogP contribution in [0.4, 0.5) is 0 Å². The Balaban J connectivity index is 0.000000266. The van der Waals surface area contributed by atoms with Crippen molar-refractivity contribution in [3.05, 3.63) is 206 Å². The molecule has 7 rings (SSSR count). The van der Waals surface area contributed by atoms with Crippen molar-refractivity contribution in [3.63, 3.8) is 0 Å². The number of halogens is 1. The van der Waals surface area contributed by atoms with E-state index in [0.717, 1.165) is 0 Å². The fraction of sp³-hybridized carbons (Fsp3) is 0.0889. The molecular formula is C45H44ClIrOP2-. The molecule has 0 fully saturated rings. The van der Waals surface area contributed by atoms with Crippen molar-refractivity contribution in [2.75, 3.05) is 0 Å². The molecule has 0 aromatic heterocycles. The van der Waals surface area contributed by atoms with Crippen LogP contribution in [0.1, 0.15) is 25.7 Å². The van der Waals surface area contributed by atoms with E-state index in [4.69, 9.17) is 4.79 Å². The Morgan fingerprint density at radius 3 is 0.580 bits per heavy atom. The second kappa shape index (κ2) is 26.1. The Hall–Kier alpha value is -3.73. The standard InChI is InChI=1S/2C18H15P.C8H12.CH2O.ClH.Ir/c2*1-4-10-16(11-5-1)19(17-12-6-2-7-13-17)18-14-8-3-9-15-18;1-2-4-6-8-7-5-3-1;1-2;;/h2*1-15H;1-2,7-8H,3-6H2;1H2;1H;/p-1/b;;2-1-,8-7?;;;. The van der Waals surface area contributed by atoms with E-state index in [9.17, 15) is 0 Å². The topological polar surface area (TPSA) is 17.1 Å². The number of carbonyl (C=O) groups excluding carboxylic acids is 1. The van der Waals surface area contributed by atoms with Crippen LogP contribution < -0.4 is 44.2 Å². The molecule has 1 aliphatic carbocycles. The maximum absolute atomic E-state index is 8.00. The van der Waals surface area contributed by atoms with Crippen LogP contribution in [0, 0.1) is 0 Å². The fourth-order valence-corrected chi connectivity index (χ4v) is 9.82. The zero-order valence-corrected chi connectivity index (χ0v) is 33.1. The van der Waals surface area contributed by atoms with E-state index in [1.165, 1.54) is 57.5 Å². The SMILES string of the molecule is C1=CCC/C=C\CC1.C=O.[Cl-].[Ir].c1ccc(P(c2ccccc2)c2ccccc2)cc1.c1ccc(P(c2ccccc2)c2ccccc2)cc1. The fourth-order valence-electron chi connectivity index (χ4n) is 5.21. The van der Waals surface area contributed by atoms with Gasteiger partial charge < -0.3 is 17.2 Å². The van der Waals surface area contributed by atoms with Crippen molar-refractivity contribution in [2.24, 2.45) is 0 Å². The largest absolute Gasteiger partial charge is 1.00 e. The molecule has 257 valence electrons. The average Bonchev–Trinajstić information content (AvgIpc) is 3.16. The molecule has 0 aliphatic heterocycles. The van der Waals surface area contributed by atoms with E-state index in [2.05, 4.69) is 206 Å². The molecule has 0 saturated carbocycles. The van der Waals surface area contributed by atoms with Crippen LogP contribution in [0.3, 0.4) is 0 Å². The maximum Gasteiger partial charge on any atom is 0.106 e. The van der Waals surface area contributed by atoms with Crippen LogP contribution in [0.2, 0.25) is 0 Å². The van der Waals surface area contributed by atoms with E-state index in [1.54, 1.807) is 0 Å². The van der Waals surface area contributed by atoms with Crippen LogP contribution in [0.5, 0.6) is 0 Å². The number of carbonyl (C=O) groups is 1. The van der Waals surface area contributed by atoms with Gasteiger partial charge in [0.05, 0.1) is 0 Å². The minimum atomic E-state index is -0.446. The molecule has 0 atom stereocenters. The summed E-state index contributed by atoms with van der Waals surface area (Å²) in [5.74, 6) is 0. The monoisotopic (exact) mass is 890 g/mol. The third-order valence-corrected chi connectivity index (χ3v) is 12.3. The quantitative estimate of drug-likeness (QED) is 0.140. The summed E-state index contributed by atoms with van der Waals surface area (Å²) in [6.45, 7) is 2.00.